The third kappa shape index (κ3) is 2.14. The summed E-state index contributed by atoms with van der Waals surface area (Å²) in [7, 11) is 0. The largest absolute Gasteiger partial charge is 0.334 e. The number of nitrogens with one attached hydrogen (secondary N) is 1. The van der Waals surface area contributed by atoms with Crippen LogP contribution in [0.25, 0.3) is 0 Å². The zero-order chi connectivity index (χ0) is 13.4. The van der Waals surface area contributed by atoms with Crippen molar-refractivity contribution in [2.45, 2.75) is 33.4 Å². The summed E-state index contributed by atoms with van der Waals surface area (Å²) in [5.41, 5.74) is 5.46. The van der Waals surface area contributed by atoms with Crippen LogP contribution in [-0.4, -0.2) is 21.0 Å². The summed E-state index contributed by atoms with van der Waals surface area (Å²) in [5, 5.41) is 7.07. The molecule has 1 N–H and O–H groups in total. The average molecular weight is 255 g/mol. The lowest BCUT2D eigenvalue weighted by Crippen LogP contribution is -2.27. The van der Waals surface area contributed by atoms with Crippen molar-refractivity contribution in [3.63, 3.8) is 0 Å². The molecule has 0 saturated carbocycles. The Bertz CT molecular complexity index is 586. The number of carbonyl (C=O) groups excluding carboxylic acids is 1. The van der Waals surface area contributed by atoms with Crippen LogP contribution >= 0.6 is 0 Å². The maximum absolute atomic E-state index is 12.4. The number of hydrogen-bond donors (Lipinski definition) is 1. The van der Waals surface area contributed by atoms with Crippen molar-refractivity contribution >= 4 is 5.91 Å². The van der Waals surface area contributed by atoms with E-state index in [1.807, 2.05) is 30.9 Å². The number of amides is 1. The lowest BCUT2D eigenvalue weighted by molar-refractivity contribution is -0.131. The minimum Gasteiger partial charge on any atom is -0.334 e. The Morgan fingerprint density at radius 1 is 1.26 bits per heavy atom. The van der Waals surface area contributed by atoms with Crippen molar-refractivity contribution in [3.8, 4) is 0 Å². The van der Waals surface area contributed by atoms with Gasteiger partial charge in [-0.05, 0) is 25.0 Å². The molecule has 1 amide bonds. The van der Waals surface area contributed by atoms with Crippen LogP contribution < -0.4 is 0 Å². The van der Waals surface area contributed by atoms with E-state index in [2.05, 4.69) is 22.3 Å². The van der Waals surface area contributed by atoms with Gasteiger partial charge in [-0.3, -0.25) is 9.89 Å². The lowest BCUT2D eigenvalue weighted by Gasteiger charge is -2.15. The van der Waals surface area contributed by atoms with Crippen molar-refractivity contribution in [2.75, 3.05) is 0 Å². The van der Waals surface area contributed by atoms with Crippen LogP contribution in [0, 0.1) is 13.8 Å². The molecule has 0 saturated heterocycles. The topological polar surface area (TPSA) is 49.0 Å². The number of H-pyrrole nitrogens is 1. The zero-order valence-corrected chi connectivity index (χ0v) is 11.2. The zero-order valence-electron chi connectivity index (χ0n) is 11.2. The van der Waals surface area contributed by atoms with Crippen LogP contribution in [0.15, 0.2) is 24.3 Å². The number of hydrogen-bond acceptors (Lipinski definition) is 2. The minimum absolute atomic E-state index is 0.170. The van der Waals surface area contributed by atoms with Crippen molar-refractivity contribution in [3.05, 3.63) is 52.3 Å². The van der Waals surface area contributed by atoms with Crippen molar-refractivity contribution in [1.82, 2.24) is 15.1 Å². The summed E-state index contributed by atoms with van der Waals surface area (Å²) in [6.45, 7) is 5.35. The molecule has 3 rings (SSSR count). The molecule has 2 aromatic rings. The molecule has 1 aromatic heterocycles. The molecule has 0 fully saturated rings. The first kappa shape index (κ1) is 12.0. The van der Waals surface area contributed by atoms with Crippen molar-refractivity contribution < 1.29 is 4.79 Å². The normalized spacial score (nSPS) is 13.7. The highest BCUT2D eigenvalue weighted by atomic mass is 16.2. The summed E-state index contributed by atoms with van der Waals surface area (Å²) in [6, 6.07) is 8.24. The Kier molecular flexibility index (Phi) is 2.85. The summed E-state index contributed by atoms with van der Waals surface area (Å²) in [6.07, 6.45) is 0.433. The minimum atomic E-state index is 0.170. The van der Waals surface area contributed by atoms with Crippen molar-refractivity contribution in [1.29, 1.82) is 0 Å². The van der Waals surface area contributed by atoms with E-state index in [-0.39, 0.29) is 5.91 Å². The molecule has 1 aliphatic heterocycles. The number of rotatable bonds is 2. The Hall–Kier alpha value is -2.10. The van der Waals surface area contributed by atoms with Crippen LogP contribution in [-0.2, 0) is 24.3 Å². The SMILES string of the molecule is Cc1n[nH]c(C)c1CC(=O)N1Cc2ccccc2C1. The summed E-state index contributed by atoms with van der Waals surface area (Å²) in [4.78, 5) is 14.3. The molecule has 4 nitrogen and oxygen atoms in total. The molecule has 0 atom stereocenters. The van der Waals surface area contributed by atoms with E-state index in [1.165, 1.54) is 11.1 Å². The van der Waals surface area contributed by atoms with Gasteiger partial charge in [0.15, 0.2) is 0 Å². The molecule has 2 heterocycles. The Morgan fingerprint density at radius 3 is 2.42 bits per heavy atom. The molecule has 0 radical (unpaired) electrons. The Labute approximate surface area is 112 Å². The quantitative estimate of drug-likeness (QED) is 0.893. The maximum Gasteiger partial charge on any atom is 0.227 e. The van der Waals surface area contributed by atoms with E-state index in [4.69, 9.17) is 0 Å². The monoisotopic (exact) mass is 255 g/mol. The summed E-state index contributed by atoms with van der Waals surface area (Å²) >= 11 is 0. The van der Waals surface area contributed by atoms with Crippen LogP contribution in [0.5, 0.6) is 0 Å². The van der Waals surface area contributed by atoms with Crippen LogP contribution in [0.3, 0.4) is 0 Å². The second-order valence-corrected chi connectivity index (χ2v) is 5.11. The van der Waals surface area contributed by atoms with Crippen molar-refractivity contribution in [2.24, 2.45) is 0 Å². The number of aryl methyl sites for hydroxylation is 2. The molecular weight excluding hydrogens is 238 g/mol. The third-order valence-corrected chi connectivity index (χ3v) is 3.80. The molecule has 0 bridgehead atoms. The Balaban J connectivity index is 1.74. The number of benzene rings is 1. The highest BCUT2D eigenvalue weighted by Gasteiger charge is 2.24. The van der Waals surface area contributed by atoms with E-state index >= 15 is 0 Å². The predicted octanol–water partition coefficient (Wildman–Crippen LogP) is 2.11. The van der Waals surface area contributed by atoms with Gasteiger partial charge in [-0.15, -0.1) is 0 Å². The fourth-order valence-electron chi connectivity index (χ4n) is 2.61. The van der Waals surface area contributed by atoms with E-state index in [9.17, 15) is 4.79 Å². The number of nitrogens with zero attached hydrogens (tertiary/aromatic N) is 2. The molecule has 0 aliphatic carbocycles. The highest BCUT2D eigenvalue weighted by Crippen LogP contribution is 2.23. The maximum atomic E-state index is 12.4. The molecule has 0 spiro atoms. The first-order chi connectivity index (χ1) is 9.15. The highest BCUT2D eigenvalue weighted by molar-refractivity contribution is 5.80. The molecular formula is C15H17N3O. The van der Waals surface area contributed by atoms with Crippen LogP contribution in [0.2, 0.25) is 0 Å². The van der Waals surface area contributed by atoms with Gasteiger partial charge >= 0.3 is 0 Å². The number of fused-ring (bicyclic) bond motifs is 1. The first-order valence-electron chi connectivity index (χ1n) is 6.50. The lowest BCUT2D eigenvalue weighted by atomic mass is 10.1. The van der Waals surface area contributed by atoms with Crippen LogP contribution in [0.1, 0.15) is 28.1 Å². The van der Waals surface area contributed by atoms with Gasteiger partial charge in [0.1, 0.15) is 0 Å². The standard InChI is InChI=1S/C15H17N3O/c1-10-14(11(2)17-16-10)7-15(19)18-8-12-5-3-4-6-13(12)9-18/h3-6H,7-9H2,1-2H3,(H,16,17). The summed E-state index contributed by atoms with van der Waals surface area (Å²) < 4.78 is 0. The van der Waals surface area contributed by atoms with Gasteiger partial charge in [-0.1, -0.05) is 24.3 Å². The molecule has 1 aliphatic rings. The molecule has 4 heteroatoms. The molecule has 19 heavy (non-hydrogen) atoms. The fourth-order valence-corrected chi connectivity index (χ4v) is 2.61. The second kappa shape index (κ2) is 4.53. The second-order valence-electron chi connectivity index (χ2n) is 5.11. The number of aromatic nitrogens is 2. The Morgan fingerprint density at radius 2 is 1.89 bits per heavy atom. The van der Waals surface area contributed by atoms with E-state index in [0.717, 1.165) is 30.0 Å². The van der Waals surface area contributed by atoms with Crippen LogP contribution in [0.4, 0.5) is 0 Å². The van der Waals surface area contributed by atoms with E-state index in [1.54, 1.807) is 0 Å². The molecule has 0 unspecified atom stereocenters. The van der Waals surface area contributed by atoms with Gasteiger partial charge in [-0.25, -0.2) is 0 Å². The average Bonchev–Trinajstić information content (AvgIpc) is 2.97. The molecule has 98 valence electrons. The van der Waals surface area contributed by atoms with E-state index < -0.39 is 0 Å². The van der Waals surface area contributed by atoms with Gasteiger partial charge < -0.3 is 4.90 Å². The summed E-state index contributed by atoms with van der Waals surface area (Å²) in [5.74, 6) is 0.170. The van der Waals surface area contributed by atoms with Gasteiger partial charge in [-0.2, -0.15) is 5.10 Å². The van der Waals surface area contributed by atoms with E-state index in [0.29, 0.717) is 6.42 Å². The third-order valence-electron chi connectivity index (χ3n) is 3.80. The predicted molar refractivity (Wildman–Crippen MR) is 72.5 cm³/mol. The molecule has 1 aromatic carbocycles. The number of aromatic amines is 1. The fraction of sp³-hybridized carbons (Fsp3) is 0.333. The van der Waals surface area contributed by atoms with Gasteiger partial charge in [0.05, 0.1) is 12.1 Å². The van der Waals surface area contributed by atoms with Gasteiger partial charge in [0.25, 0.3) is 0 Å². The number of carbonyl (C=O) groups is 1. The van der Waals surface area contributed by atoms with Gasteiger partial charge in [0.2, 0.25) is 5.91 Å². The van der Waals surface area contributed by atoms with Gasteiger partial charge in [0, 0.05) is 24.3 Å². The smallest absolute Gasteiger partial charge is 0.227 e. The first-order valence-corrected chi connectivity index (χ1v) is 6.50.